The average molecular weight is 368 g/mol. The maximum atomic E-state index is 10.6. The number of benzene rings is 2. The molecule has 0 N–H and O–H groups in total. The third-order valence-electron chi connectivity index (χ3n) is 2.41. The van der Waals surface area contributed by atoms with Crippen LogP contribution in [0, 0.1) is 0 Å². The third kappa shape index (κ3) is 5.13. The van der Waals surface area contributed by atoms with Gasteiger partial charge in [-0.2, -0.15) is 0 Å². The summed E-state index contributed by atoms with van der Waals surface area (Å²) in [7, 11) is 2.90. The zero-order chi connectivity index (χ0) is 14.5. The molecule has 2 rings (SSSR count). The Labute approximate surface area is 139 Å². The van der Waals surface area contributed by atoms with Crippen LogP contribution in [-0.2, 0) is 17.1 Å². The molecule has 111 valence electrons. The summed E-state index contributed by atoms with van der Waals surface area (Å²) < 4.78 is 0. The number of carboxylic acid groups (broad SMARTS) is 2. The molecule has 0 aliphatic heterocycles. The Morgan fingerprint density at radius 2 is 0.952 bits per heavy atom. The number of carbonyl (C=O) groups is 2. The van der Waals surface area contributed by atoms with Gasteiger partial charge in [-0.25, -0.2) is 0 Å². The fraction of sp³-hybridized carbons (Fsp3) is 0. The minimum absolute atomic E-state index is 0. The van der Waals surface area contributed by atoms with Crippen molar-refractivity contribution in [1.29, 1.82) is 0 Å². The molecular weight excluding hydrogens is 360 g/mol. The maximum absolute atomic E-state index is 10.6. The first-order chi connectivity index (χ1) is 9.56. The maximum Gasteiger partial charge on any atom is 2.00 e. The van der Waals surface area contributed by atoms with Crippen LogP contribution in [0.4, 0.5) is 0 Å². The first kappa shape index (κ1) is 17.7. The predicted molar refractivity (Wildman–Crippen MR) is 73.3 cm³/mol. The van der Waals surface area contributed by atoms with E-state index in [-0.39, 0.29) is 28.2 Å². The van der Waals surface area contributed by atoms with Gasteiger partial charge in [0, 0.05) is 9.79 Å². The number of carboxylic acids is 2. The monoisotopic (exact) mass is 367 g/mol. The summed E-state index contributed by atoms with van der Waals surface area (Å²) in [5.41, 5.74) is 0.273. The van der Waals surface area contributed by atoms with Crippen LogP contribution < -0.4 is 10.2 Å². The van der Waals surface area contributed by atoms with Crippen molar-refractivity contribution in [1.82, 2.24) is 0 Å². The van der Waals surface area contributed by atoms with Crippen molar-refractivity contribution < 1.29 is 36.9 Å². The van der Waals surface area contributed by atoms with Crippen molar-refractivity contribution in [3.63, 3.8) is 0 Å². The van der Waals surface area contributed by atoms with E-state index in [1.165, 1.54) is 45.9 Å². The Bertz CT molecular complexity index is 569. The Kier molecular flexibility index (Phi) is 6.84. The van der Waals surface area contributed by atoms with E-state index in [0.717, 1.165) is 9.79 Å². The fourth-order valence-corrected chi connectivity index (χ4v) is 3.32. The number of aromatic carboxylic acids is 2. The van der Waals surface area contributed by atoms with Crippen LogP contribution in [0.3, 0.4) is 0 Å². The number of hydrogen-bond acceptors (Lipinski definition) is 6. The molecule has 0 spiro atoms. The minimum atomic E-state index is -1.20. The molecule has 0 saturated carbocycles. The normalized spacial score (nSPS) is 9.71. The van der Waals surface area contributed by atoms with Crippen molar-refractivity contribution in [2.24, 2.45) is 0 Å². The molecule has 4 nitrogen and oxygen atoms in total. The molecular formula is C14H8CuO4S2. The summed E-state index contributed by atoms with van der Waals surface area (Å²) >= 11 is 0. The zero-order valence-electron chi connectivity index (χ0n) is 10.4. The van der Waals surface area contributed by atoms with Gasteiger partial charge < -0.3 is 19.8 Å². The molecule has 2 aromatic rings. The Morgan fingerprint density at radius 3 is 1.19 bits per heavy atom. The van der Waals surface area contributed by atoms with Crippen LogP contribution in [0.2, 0.25) is 0 Å². The molecule has 0 amide bonds. The topological polar surface area (TPSA) is 80.3 Å². The van der Waals surface area contributed by atoms with Gasteiger partial charge in [0.15, 0.2) is 0 Å². The van der Waals surface area contributed by atoms with Crippen molar-refractivity contribution in [2.45, 2.75) is 9.79 Å². The summed E-state index contributed by atoms with van der Waals surface area (Å²) in [4.78, 5) is 23.0. The molecule has 0 unspecified atom stereocenters. The van der Waals surface area contributed by atoms with Gasteiger partial charge in [0.05, 0.1) is 11.9 Å². The molecule has 0 saturated heterocycles. The third-order valence-corrected chi connectivity index (χ3v) is 4.83. The predicted octanol–water partition coefficient (Wildman–Crippen LogP) is 1.21. The Hall–Kier alpha value is -1.40. The van der Waals surface area contributed by atoms with E-state index in [4.69, 9.17) is 0 Å². The van der Waals surface area contributed by atoms with E-state index in [9.17, 15) is 19.8 Å². The molecule has 0 aromatic heterocycles. The van der Waals surface area contributed by atoms with E-state index < -0.39 is 11.9 Å². The summed E-state index contributed by atoms with van der Waals surface area (Å²) in [6, 6.07) is 12.7. The second-order valence-corrected chi connectivity index (χ2v) is 6.07. The molecule has 0 aliphatic carbocycles. The van der Waals surface area contributed by atoms with Gasteiger partial charge in [-0.3, -0.25) is 0 Å². The molecule has 0 fully saturated rings. The van der Waals surface area contributed by atoms with Gasteiger partial charge in [0.1, 0.15) is 0 Å². The van der Waals surface area contributed by atoms with Crippen molar-refractivity contribution in [3.8, 4) is 0 Å². The van der Waals surface area contributed by atoms with Crippen LogP contribution >= 0.6 is 21.6 Å². The van der Waals surface area contributed by atoms with E-state index >= 15 is 0 Å². The quantitative estimate of drug-likeness (QED) is 0.583. The van der Waals surface area contributed by atoms with Crippen LogP contribution in [0.5, 0.6) is 0 Å². The molecule has 21 heavy (non-hydrogen) atoms. The van der Waals surface area contributed by atoms with E-state index in [1.807, 2.05) is 0 Å². The van der Waals surface area contributed by atoms with Gasteiger partial charge in [-0.1, -0.05) is 45.9 Å². The molecule has 0 heterocycles. The number of hydrogen-bond donors (Lipinski definition) is 0. The number of carbonyl (C=O) groups excluding carboxylic acids is 2. The summed E-state index contributed by atoms with van der Waals surface area (Å²) in [5.74, 6) is -2.40. The molecule has 2 aromatic carbocycles. The van der Waals surface area contributed by atoms with E-state index in [1.54, 1.807) is 24.3 Å². The standard InChI is InChI=1S/C14H10O4S2.Cu/c15-13(16)9-1-5-11(6-2-9)19-20-12-7-3-10(4-8-12)14(17)18;/h1-8H,(H,15,16)(H,17,18);/q;+2/p-2. The van der Waals surface area contributed by atoms with Gasteiger partial charge in [-0.05, 0) is 35.4 Å². The summed E-state index contributed by atoms with van der Waals surface area (Å²) in [6.45, 7) is 0. The second-order valence-electron chi connectivity index (χ2n) is 3.79. The number of rotatable bonds is 5. The van der Waals surface area contributed by atoms with Crippen molar-refractivity contribution in [3.05, 3.63) is 59.7 Å². The van der Waals surface area contributed by atoms with Crippen molar-refractivity contribution >= 4 is 33.5 Å². The Morgan fingerprint density at radius 1 is 0.667 bits per heavy atom. The van der Waals surface area contributed by atoms with Gasteiger partial charge in [0.25, 0.3) is 0 Å². The van der Waals surface area contributed by atoms with Gasteiger partial charge in [0.2, 0.25) is 0 Å². The van der Waals surface area contributed by atoms with Crippen LogP contribution in [-0.4, -0.2) is 11.9 Å². The molecule has 0 aliphatic rings. The van der Waals surface area contributed by atoms with Crippen molar-refractivity contribution in [2.75, 3.05) is 0 Å². The first-order valence-corrected chi connectivity index (χ1v) is 7.68. The molecule has 7 heteroatoms. The summed E-state index contributed by atoms with van der Waals surface area (Å²) in [5, 5.41) is 21.2. The van der Waals surface area contributed by atoms with Gasteiger partial charge in [-0.15, -0.1) is 0 Å². The zero-order valence-corrected chi connectivity index (χ0v) is 12.9. The smallest absolute Gasteiger partial charge is 0.545 e. The van der Waals surface area contributed by atoms with E-state index in [0.29, 0.717) is 0 Å². The largest absolute Gasteiger partial charge is 2.00 e. The van der Waals surface area contributed by atoms with Crippen LogP contribution in [0.25, 0.3) is 0 Å². The second kappa shape index (κ2) is 8.14. The summed E-state index contributed by atoms with van der Waals surface area (Å²) in [6.07, 6.45) is 0. The average Bonchev–Trinajstić information content (AvgIpc) is 2.46. The molecule has 0 atom stereocenters. The Balaban J connectivity index is 0.00000220. The van der Waals surface area contributed by atoms with E-state index in [2.05, 4.69) is 0 Å². The molecule has 1 radical (unpaired) electrons. The van der Waals surface area contributed by atoms with Gasteiger partial charge >= 0.3 is 17.1 Å². The molecule has 0 bridgehead atoms. The minimum Gasteiger partial charge on any atom is -0.545 e. The fourth-order valence-electron chi connectivity index (χ4n) is 1.39. The SMILES string of the molecule is O=C([O-])c1ccc(SSc2ccc(C(=O)[O-])cc2)cc1.[Cu+2]. The van der Waals surface area contributed by atoms with Crippen LogP contribution in [0.1, 0.15) is 20.7 Å². The first-order valence-electron chi connectivity index (χ1n) is 5.53. The van der Waals surface area contributed by atoms with Crippen LogP contribution in [0.15, 0.2) is 58.3 Å².